The van der Waals surface area contributed by atoms with Crippen LogP contribution in [0.3, 0.4) is 0 Å². The Labute approximate surface area is 112 Å². The highest BCUT2D eigenvalue weighted by Gasteiger charge is 2.22. The molecule has 1 saturated heterocycles. The number of likely N-dealkylation sites (N-methyl/N-ethyl adjacent to an activating group) is 1. The fourth-order valence-corrected chi connectivity index (χ4v) is 2.36. The molecule has 1 heterocycles. The normalized spacial score (nSPS) is 21.2. The third kappa shape index (κ3) is 5.21. The van der Waals surface area contributed by atoms with Gasteiger partial charge < -0.3 is 9.80 Å². The van der Waals surface area contributed by atoms with E-state index in [1.165, 1.54) is 45.7 Å². The largest absolute Gasteiger partial charge is 0.301 e. The molecule has 0 spiro atoms. The average molecular weight is 260 g/mol. The second-order valence-electron chi connectivity index (χ2n) is 6.06. The lowest BCUT2D eigenvalue weighted by atomic mass is 10.2. The monoisotopic (exact) mass is 260 g/mol. The van der Waals surface area contributed by atoms with Crippen molar-refractivity contribution in [3.05, 3.63) is 0 Å². The molecule has 1 aliphatic rings. The molecule has 0 saturated carbocycles. The lowest BCUT2D eigenvalue weighted by molar-refractivity contribution is -0.927. The van der Waals surface area contributed by atoms with Gasteiger partial charge in [0.15, 0.2) is 0 Å². The first kappa shape index (κ1) is 15.9. The molecule has 0 aromatic heterocycles. The summed E-state index contributed by atoms with van der Waals surface area (Å²) in [6.07, 6.45) is 1.55. The first-order chi connectivity index (χ1) is 8.45. The zero-order valence-corrected chi connectivity index (χ0v) is 12.7. The molecule has 1 aliphatic heterocycles. The Hall–Kier alpha value is -0.190. The van der Waals surface area contributed by atoms with E-state index in [9.17, 15) is 4.39 Å². The highest BCUT2D eigenvalue weighted by atomic mass is 19.1. The summed E-state index contributed by atoms with van der Waals surface area (Å²) < 4.78 is 13.8. The van der Waals surface area contributed by atoms with Gasteiger partial charge >= 0.3 is 0 Å². The summed E-state index contributed by atoms with van der Waals surface area (Å²) in [6, 6.07) is 0. The van der Waals surface area contributed by atoms with Crippen molar-refractivity contribution in [1.29, 1.82) is 0 Å². The number of nitrogens with zero attached hydrogens (tertiary/aromatic N) is 3. The molecule has 108 valence electrons. The molecule has 0 bridgehead atoms. The molecule has 1 unspecified atom stereocenters. The van der Waals surface area contributed by atoms with Crippen molar-refractivity contribution in [3.63, 3.8) is 0 Å². The van der Waals surface area contributed by atoms with Crippen molar-refractivity contribution in [3.8, 4) is 0 Å². The second-order valence-corrected chi connectivity index (χ2v) is 6.06. The smallest absolute Gasteiger partial charge is 0.228 e. The third-order valence-corrected chi connectivity index (χ3v) is 4.33. The number of piperazine rings is 1. The second kappa shape index (κ2) is 7.41. The molecule has 1 atom stereocenters. The van der Waals surface area contributed by atoms with Crippen LogP contribution in [0, 0.1) is 0 Å². The molecule has 18 heavy (non-hydrogen) atoms. The van der Waals surface area contributed by atoms with Crippen molar-refractivity contribution >= 4 is 0 Å². The molecular weight excluding hydrogens is 229 g/mol. The van der Waals surface area contributed by atoms with Gasteiger partial charge in [-0.2, -0.15) is 4.39 Å². The SMILES string of the molecule is CCN1CCN(CCCC[N+](C)(C)C(C)F)CC1. The van der Waals surface area contributed by atoms with Gasteiger partial charge in [-0.25, -0.2) is 0 Å². The molecule has 1 rings (SSSR count). The van der Waals surface area contributed by atoms with Crippen LogP contribution >= 0.6 is 0 Å². The molecule has 1 fully saturated rings. The Kier molecular flexibility index (Phi) is 6.53. The number of halogens is 1. The summed E-state index contributed by atoms with van der Waals surface area (Å²) in [4.78, 5) is 5.05. The van der Waals surface area contributed by atoms with Crippen molar-refractivity contribution in [1.82, 2.24) is 9.80 Å². The predicted octanol–water partition coefficient (Wildman–Crippen LogP) is 1.80. The van der Waals surface area contributed by atoms with E-state index in [-0.39, 0.29) is 0 Å². The van der Waals surface area contributed by atoms with Gasteiger partial charge in [0.2, 0.25) is 6.30 Å². The van der Waals surface area contributed by atoms with Crippen molar-refractivity contribution in [2.75, 3.05) is 59.9 Å². The van der Waals surface area contributed by atoms with Crippen LogP contribution in [0.4, 0.5) is 4.39 Å². The predicted molar refractivity (Wildman–Crippen MR) is 75.3 cm³/mol. The van der Waals surface area contributed by atoms with Crippen LogP contribution in [0.15, 0.2) is 0 Å². The standard InChI is InChI=1S/C14H31FN3/c1-5-16-9-11-17(12-10-16)8-6-7-13-18(3,4)14(2)15/h14H,5-13H2,1-4H3/q+1. The van der Waals surface area contributed by atoms with E-state index in [2.05, 4.69) is 16.7 Å². The summed E-state index contributed by atoms with van der Waals surface area (Å²) in [5.41, 5.74) is 0. The average Bonchev–Trinajstić information content (AvgIpc) is 2.35. The maximum atomic E-state index is 13.3. The van der Waals surface area contributed by atoms with Crippen LogP contribution in [0.25, 0.3) is 0 Å². The number of hydrogen-bond acceptors (Lipinski definition) is 2. The number of quaternary nitrogens is 1. The van der Waals surface area contributed by atoms with Gasteiger partial charge in [-0.3, -0.25) is 4.48 Å². The maximum absolute atomic E-state index is 13.3. The summed E-state index contributed by atoms with van der Waals surface area (Å²) in [5.74, 6) is 0. The highest BCUT2D eigenvalue weighted by molar-refractivity contribution is 4.70. The van der Waals surface area contributed by atoms with Gasteiger partial charge in [0, 0.05) is 33.1 Å². The first-order valence-corrected chi connectivity index (χ1v) is 7.37. The molecule has 0 N–H and O–H groups in total. The van der Waals surface area contributed by atoms with Gasteiger partial charge in [-0.05, 0) is 25.9 Å². The van der Waals surface area contributed by atoms with E-state index in [1.54, 1.807) is 6.92 Å². The summed E-state index contributed by atoms with van der Waals surface area (Å²) in [6.45, 7) is 12.0. The maximum Gasteiger partial charge on any atom is 0.228 e. The molecule has 0 aromatic rings. The van der Waals surface area contributed by atoms with Crippen LogP contribution in [0.5, 0.6) is 0 Å². The van der Waals surface area contributed by atoms with Gasteiger partial charge in [-0.15, -0.1) is 0 Å². The van der Waals surface area contributed by atoms with E-state index in [0.717, 1.165) is 13.0 Å². The lowest BCUT2D eigenvalue weighted by Crippen LogP contribution is -2.47. The van der Waals surface area contributed by atoms with Gasteiger partial charge in [0.05, 0.1) is 20.6 Å². The number of rotatable bonds is 7. The Bertz CT molecular complexity index is 223. The highest BCUT2D eigenvalue weighted by Crippen LogP contribution is 2.10. The first-order valence-electron chi connectivity index (χ1n) is 7.37. The fraction of sp³-hybridized carbons (Fsp3) is 1.00. The Morgan fingerprint density at radius 2 is 1.61 bits per heavy atom. The number of unbranched alkanes of at least 4 members (excludes halogenated alkanes) is 1. The summed E-state index contributed by atoms with van der Waals surface area (Å²) in [5, 5.41) is 0. The minimum atomic E-state index is -0.766. The molecular formula is C14H31FN3+. The van der Waals surface area contributed by atoms with E-state index >= 15 is 0 Å². The topological polar surface area (TPSA) is 6.48 Å². The van der Waals surface area contributed by atoms with E-state index in [4.69, 9.17) is 0 Å². The molecule has 0 amide bonds. The van der Waals surface area contributed by atoms with E-state index in [0.29, 0.717) is 4.48 Å². The van der Waals surface area contributed by atoms with E-state index < -0.39 is 6.30 Å². The Balaban J connectivity index is 2.09. The Morgan fingerprint density at radius 3 is 2.11 bits per heavy atom. The van der Waals surface area contributed by atoms with Crippen LogP contribution < -0.4 is 0 Å². The number of alkyl halides is 1. The van der Waals surface area contributed by atoms with Crippen LogP contribution in [-0.2, 0) is 0 Å². The zero-order chi connectivity index (χ0) is 13.6. The van der Waals surface area contributed by atoms with Crippen molar-refractivity contribution < 1.29 is 8.87 Å². The number of hydrogen-bond donors (Lipinski definition) is 0. The minimum Gasteiger partial charge on any atom is -0.301 e. The van der Waals surface area contributed by atoms with Crippen LogP contribution in [-0.4, -0.2) is 80.5 Å². The Morgan fingerprint density at radius 1 is 1.06 bits per heavy atom. The minimum absolute atomic E-state index is 0.490. The van der Waals surface area contributed by atoms with Gasteiger partial charge in [0.1, 0.15) is 0 Å². The third-order valence-electron chi connectivity index (χ3n) is 4.33. The van der Waals surface area contributed by atoms with Gasteiger partial charge in [0.25, 0.3) is 0 Å². The molecule has 0 aliphatic carbocycles. The fourth-order valence-electron chi connectivity index (χ4n) is 2.36. The van der Waals surface area contributed by atoms with Crippen LogP contribution in [0.1, 0.15) is 26.7 Å². The van der Waals surface area contributed by atoms with Crippen molar-refractivity contribution in [2.24, 2.45) is 0 Å². The zero-order valence-electron chi connectivity index (χ0n) is 12.7. The van der Waals surface area contributed by atoms with Crippen molar-refractivity contribution in [2.45, 2.75) is 33.0 Å². The lowest BCUT2D eigenvalue weighted by Gasteiger charge is -2.34. The molecule has 3 nitrogen and oxygen atoms in total. The van der Waals surface area contributed by atoms with Gasteiger partial charge in [-0.1, -0.05) is 6.92 Å². The summed E-state index contributed by atoms with van der Waals surface area (Å²) in [7, 11) is 3.95. The van der Waals surface area contributed by atoms with E-state index in [1.807, 2.05) is 14.1 Å². The molecule has 0 aromatic carbocycles. The molecule has 4 heteroatoms. The summed E-state index contributed by atoms with van der Waals surface area (Å²) >= 11 is 0. The quantitative estimate of drug-likeness (QED) is 0.391. The molecule has 0 radical (unpaired) electrons. The van der Waals surface area contributed by atoms with Crippen LogP contribution in [0.2, 0.25) is 0 Å².